The monoisotopic (exact) mass is 170 g/mol. The number of benzene rings is 1. The van der Waals surface area contributed by atoms with Crippen molar-refractivity contribution in [3.05, 3.63) is 29.8 Å². The molecule has 66 valence electrons. The molecule has 3 heteroatoms. The summed E-state index contributed by atoms with van der Waals surface area (Å²) in [4.78, 5) is 0. The minimum atomic E-state index is -0.511. The average Bonchev–Trinajstić information content (AvgIpc) is 2.25. The van der Waals surface area contributed by atoms with Crippen LogP contribution in [0.5, 0.6) is 5.75 Å². The highest BCUT2D eigenvalue weighted by molar-refractivity contribution is 5.28. The molecule has 0 saturated carbocycles. The van der Waals surface area contributed by atoms with Crippen molar-refractivity contribution in [3.8, 4) is 5.75 Å². The summed E-state index contributed by atoms with van der Waals surface area (Å²) >= 11 is 0. The van der Waals surface area contributed by atoms with Gasteiger partial charge in [0.25, 0.3) is 1.43 Å². The van der Waals surface area contributed by atoms with E-state index < -0.39 is 6.10 Å². The highest BCUT2D eigenvalue weighted by atomic mass is 16.3. The van der Waals surface area contributed by atoms with Gasteiger partial charge in [-0.2, -0.15) is 0 Å². The lowest BCUT2D eigenvalue weighted by Gasteiger charge is -2.09. The number of aliphatic hydroxyl groups excluding tert-OH is 1. The van der Waals surface area contributed by atoms with Crippen molar-refractivity contribution in [2.24, 2.45) is 0 Å². The van der Waals surface area contributed by atoms with E-state index in [0.717, 1.165) is 0 Å². The third-order valence-corrected chi connectivity index (χ3v) is 1.58. The molecule has 0 aromatic heterocycles. The van der Waals surface area contributed by atoms with Gasteiger partial charge in [0.15, 0.2) is 0 Å². The van der Waals surface area contributed by atoms with Crippen LogP contribution in [0, 0.1) is 0 Å². The SMILES string of the molecule is [2H]Oc1cccc(C(CN([2H])C)O[2H])c1. The third kappa shape index (κ3) is 2.22. The molecule has 0 aliphatic rings. The van der Waals surface area contributed by atoms with Crippen LogP contribution in [0.4, 0.5) is 0 Å². The average molecular weight is 170 g/mol. The van der Waals surface area contributed by atoms with Crippen LogP contribution in [0.3, 0.4) is 0 Å². The van der Waals surface area contributed by atoms with Gasteiger partial charge in [0, 0.05) is 6.54 Å². The quantitative estimate of drug-likeness (QED) is 0.608. The Balaban J connectivity index is 2.81. The van der Waals surface area contributed by atoms with E-state index >= 15 is 0 Å². The number of aliphatic hydroxyl groups is 1. The van der Waals surface area contributed by atoms with Crippen molar-refractivity contribution >= 4 is 0 Å². The predicted molar refractivity (Wildman–Crippen MR) is 47.0 cm³/mol. The number of nitrogens with one attached hydrogen (secondary N) is 1. The molecule has 0 bridgehead atoms. The zero-order valence-corrected chi connectivity index (χ0v) is 6.86. The smallest absolute Gasteiger partial charge is 0.293 e. The number of likely N-dealkylation sites (N-methyl/N-ethyl adjacent to an activating group) is 1. The Hall–Kier alpha value is -1.06. The van der Waals surface area contributed by atoms with Crippen molar-refractivity contribution in [1.29, 1.82) is 2.86 Å². The van der Waals surface area contributed by atoms with Crippen molar-refractivity contribution in [2.45, 2.75) is 6.10 Å². The Labute approximate surface area is 76.1 Å². The van der Waals surface area contributed by atoms with Crippen LogP contribution in [0.25, 0.3) is 0 Å². The first-order valence-electron chi connectivity index (χ1n) is 4.99. The van der Waals surface area contributed by atoms with E-state index in [1.54, 1.807) is 31.3 Å². The van der Waals surface area contributed by atoms with E-state index in [-0.39, 0.29) is 6.54 Å². The Morgan fingerprint density at radius 3 is 3.33 bits per heavy atom. The molecule has 1 aromatic rings. The molecule has 0 saturated heterocycles. The molecule has 3 N–H and O–H groups in total. The summed E-state index contributed by atoms with van der Waals surface area (Å²) < 4.78 is 20.9. The molecule has 0 fully saturated rings. The molecular weight excluding hydrogens is 154 g/mol. The van der Waals surface area contributed by atoms with Crippen molar-refractivity contribution < 1.29 is 11.6 Å². The Morgan fingerprint density at radius 1 is 1.75 bits per heavy atom. The number of phenolic OH excluding ortho intramolecular Hbond substituents is 1. The fourth-order valence-corrected chi connectivity index (χ4v) is 0.986. The van der Waals surface area contributed by atoms with Crippen molar-refractivity contribution in [3.63, 3.8) is 0 Å². The number of hydrogen-bond acceptors (Lipinski definition) is 3. The first kappa shape index (κ1) is 5.56. The summed E-state index contributed by atoms with van der Waals surface area (Å²) in [5.74, 6) is 0.391. The first-order chi connectivity index (χ1) is 7.17. The van der Waals surface area contributed by atoms with E-state index in [9.17, 15) is 0 Å². The fraction of sp³-hybridized carbons (Fsp3) is 0.333. The molecule has 0 heterocycles. The van der Waals surface area contributed by atoms with E-state index in [0.29, 0.717) is 11.3 Å². The van der Waals surface area contributed by atoms with E-state index in [4.69, 9.17) is 4.27 Å². The Morgan fingerprint density at radius 2 is 2.67 bits per heavy atom. The lowest BCUT2D eigenvalue weighted by atomic mass is 10.1. The van der Waals surface area contributed by atoms with Gasteiger partial charge in [-0.1, -0.05) is 12.1 Å². The molecule has 0 amide bonds. The van der Waals surface area contributed by atoms with Gasteiger partial charge in [-0.3, -0.25) is 0 Å². The maximum Gasteiger partial charge on any atom is 0.293 e. The fourth-order valence-electron chi connectivity index (χ4n) is 0.986. The molecule has 0 aliphatic heterocycles. The van der Waals surface area contributed by atoms with Gasteiger partial charge >= 0.3 is 0 Å². The van der Waals surface area contributed by atoms with Gasteiger partial charge in [-0.05, 0) is 24.7 Å². The highest BCUT2D eigenvalue weighted by Gasteiger charge is 2.05. The predicted octanol–water partition coefficient (Wildman–Crippen LogP) is 0.645. The van der Waals surface area contributed by atoms with Crippen LogP contribution in [-0.2, 0) is 0 Å². The zero-order chi connectivity index (χ0) is 11.3. The molecule has 12 heavy (non-hydrogen) atoms. The topological polar surface area (TPSA) is 52.5 Å². The summed E-state index contributed by atoms with van der Waals surface area (Å²) in [6, 6.07) is 6.75. The largest absolute Gasteiger partial charge is 0.508 e. The molecule has 0 spiro atoms. The van der Waals surface area contributed by atoms with Crippen LogP contribution in [0.1, 0.15) is 11.7 Å². The van der Waals surface area contributed by atoms with Crippen LogP contribution < -0.4 is 5.31 Å². The molecule has 0 aliphatic carbocycles. The number of rotatable bonds is 5. The number of phenols is 1. The standard InChI is InChI=1S/C9H13NO2/c1-10-6-9(12)7-3-2-4-8(11)5-7/h2-5,9-12H,6H2,1H3/i12D/hD2. The number of hydrogen-bond donors (Lipinski definition) is 3. The molecule has 1 atom stereocenters. The van der Waals surface area contributed by atoms with Gasteiger partial charge in [0.2, 0.25) is 1.43 Å². The zero-order valence-electron chi connectivity index (χ0n) is 9.86. The Bertz CT molecular complexity index is 309. The minimum absolute atomic E-state index is 0.283. The molecule has 0 radical (unpaired) electrons. The maximum absolute atomic E-state index is 7.26. The summed E-state index contributed by atoms with van der Waals surface area (Å²) in [5.41, 5.74) is 0.717. The van der Waals surface area contributed by atoms with E-state index in [1.165, 1.54) is 5.31 Å². The highest BCUT2D eigenvalue weighted by Crippen LogP contribution is 2.17. The second-order valence-corrected chi connectivity index (χ2v) is 2.56. The van der Waals surface area contributed by atoms with Gasteiger partial charge in [-0.25, -0.2) is 0 Å². The van der Waals surface area contributed by atoms with Crippen LogP contribution in [0.2, 0.25) is 1.41 Å². The van der Waals surface area contributed by atoms with Gasteiger partial charge in [-0.15, -0.1) is 0 Å². The summed E-state index contributed by atoms with van der Waals surface area (Å²) in [6.07, 6.45) is -0.511. The maximum atomic E-state index is 7.26. The van der Waals surface area contributed by atoms with Crippen molar-refractivity contribution in [1.82, 2.24) is 5.31 Å². The van der Waals surface area contributed by atoms with Crippen molar-refractivity contribution in [2.75, 3.05) is 13.6 Å². The molecule has 1 aromatic carbocycles. The molecule has 1 unspecified atom stereocenters. The number of aromatic hydroxyl groups is 1. The van der Waals surface area contributed by atoms with Crippen LogP contribution >= 0.6 is 0 Å². The first-order valence-corrected chi connectivity index (χ1v) is 3.72. The summed E-state index contributed by atoms with van der Waals surface area (Å²) in [6.45, 7) is 0.283. The van der Waals surface area contributed by atoms with Crippen LogP contribution in [-0.4, -0.2) is 26.7 Å². The summed E-state index contributed by atoms with van der Waals surface area (Å²) in [7, 11) is 1.58. The van der Waals surface area contributed by atoms with Gasteiger partial charge in [0.1, 0.15) is 7.16 Å². The van der Waals surface area contributed by atoms with Crippen LogP contribution in [0.15, 0.2) is 24.3 Å². The Kier molecular flexibility index (Phi) is 1.90. The normalized spacial score (nSPS) is 16.3. The second-order valence-electron chi connectivity index (χ2n) is 2.56. The molecular formula is C9H13NO2. The molecule has 1 rings (SSSR count). The lowest BCUT2D eigenvalue weighted by molar-refractivity contribution is 0.177. The molecule has 3 nitrogen and oxygen atoms in total. The second kappa shape index (κ2) is 4.09. The van der Waals surface area contributed by atoms with E-state index in [1.807, 2.05) is 0 Å². The minimum Gasteiger partial charge on any atom is -0.508 e. The third-order valence-electron chi connectivity index (χ3n) is 1.58. The van der Waals surface area contributed by atoms with Gasteiger partial charge < -0.3 is 15.5 Å². The lowest BCUT2D eigenvalue weighted by Crippen LogP contribution is -2.16. The summed E-state index contributed by atoms with van der Waals surface area (Å²) in [5, 5.41) is 10.0. The van der Waals surface area contributed by atoms with E-state index in [2.05, 4.69) is 10.2 Å². The van der Waals surface area contributed by atoms with Gasteiger partial charge in [0.05, 0.1) is 6.10 Å².